The molecule has 1 aromatic heterocycles. The molecule has 0 aliphatic rings. The van der Waals surface area contributed by atoms with Gasteiger partial charge in [0.05, 0.1) is 12.0 Å². The van der Waals surface area contributed by atoms with Gasteiger partial charge >= 0.3 is 5.97 Å². The molecule has 6 nitrogen and oxygen atoms in total. The molecular formula is C23H24O6. The fraction of sp³-hybridized carbons (Fsp3) is 0.304. The number of aryl methyl sites for hydroxylation is 1. The standard InChI is InChI=1S/C23H24O6/c1-4-12-26-23(25)15(3)28-18-10-11-19-20(13-18)27-14-21(22(19)24)29-17-8-6-16(5-2)7-9-17/h6-11,13-15H,4-5,12H2,1-3H3/t15-/m0/s1. The van der Waals surface area contributed by atoms with Crippen LogP contribution in [0.3, 0.4) is 0 Å². The first kappa shape index (κ1) is 20.5. The lowest BCUT2D eigenvalue weighted by Crippen LogP contribution is -2.26. The van der Waals surface area contributed by atoms with Gasteiger partial charge in [0.2, 0.25) is 11.2 Å². The summed E-state index contributed by atoms with van der Waals surface area (Å²) in [6.07, 6.45) is 2.19. The summed E-state index contributed by atoms with van der Waals surface area (Å²) >= 11 is 0. The van der Waals surface area contributed by atoms with E-state index in [0.717, 1.165) is 12.8 Å². The Balaban J connectivity index is 1.78. The molecule has 152 valence electrons. The van der Waals surface area contributed by atoms with Crippen molar-refractivity contribution in [1.29, 1.82) is 0 Å². The quantitative estimate of drug-likeness (QED) is 0.506. The van der Waals surface area contributed by atoms with Crippen LogP contribution in [-0.4, -0.2) is 18.7 Å². The normalized spacial score (nSPS) is 11.8. The van der Waals surface area contributed by atoms with E-state index in [0.29, 0.717) is 29.1 Å². The Morgan fingerprint density at radius 2 is 1.79 bits per heavy atom. The Bertz CT molecular complexity index is 1040. The van der Waals surface area contributed by atoms with Gasteiger partial charge in [0.1, 0.15) is 23.3 Å². The molecule has 2 aromatic carbocycles. The maximum absolute atomic E-state index is 12.7. The van der Waals surface area contributed by atoms with Gasteiger partial charge in [-0.15, -0.1) is 0 Å². The summed E-state index contributed by atoms with van der Waals surface area (Å²) in [4.78, 5) is 24.6. The van der Waals surface area contributed by atoms with Gasteiger partial charge in [-0.05, 0) is 49.6 Å². The highest BCUT2D eigenvalue weighted by Crippen LogP contribution is 2.25. The average Bonchev–Trinajstić information content (AvgIpc) is 2.74. The summed E-state index contributed by atoms with van der Waals surface area (Å²) in [5, 5.41) is 0.362. The second kappa shape index (κ2) is 9.28. The fourth-order valence-electron chi connectivity index (χ4n) is 2.73. The van der Waals surface area contributed by atoms with Crippen molar-refractivity contribution in [2.24, 2.45) is 0 Å². The van der Waals surface area contributed by atoms with E-state index >= 15 is 0 Å². The number of benzene rings is 2. The van der Waals surface area contributed by atoms with E-state index in [9.17, 15) is 9.59 Å². The van der Waals surface area contributed by atoms with Crippen molar-refractivity contribution in [3.8, 4) is 17.2 Å². The van der Waals surface area contributed by atoms with Crippen LogP contribution in [0.25, 0.3) is 11.0 Å². The highest BCUT2D eigenvalue weighted by molar-refractivity contribution is 5.79. The Hall–Kier alpha value is -3.28. The molecule has 0 unspecified atom stereocenters. The molecule has 1 heterocycles. The van der Waals surface area contributed by atoms with E-state index in [4.69, 9.17) is 18.6 Å². The third kappa shape index (κ3) is 4.96. The number of hydrogen-bond donors (Lipinski definition) is 0. The van der Waals surface area contributed by atoms with Crippen LogP contribution in [0.4, 0.5) is 0 Å². The van der Waals surface area contributed by atoms with Gasteiger partial charge in [-0.2, -0.15) is 0 Å². The van der Waals surface area contributed by atoms with Crippen LogP contribution < -0.4 is 14.9 Å². The number of rotatable bonds is 8. The minimum Gasteiger partial charge on any atom is -0.479 e. The van der Waals surface area contributed by atoms with E-state index in [2.05, 4.69) is 6.92 Å². The summed E-state index contributed by atoms with van der Waals surface area (Å²) in [6, 6.07) is 12.3. The molecule has 29 heavy (non-hydrogen) atoms. The maximum Gasteiger partial charge on any atom is 0.347 e. The van der Waals surface area contributed by atoms with Crippen molar-refractivity contribution < 1.29 is 23.4 Å². The van der Waals surface area contributed by atoms with Crippen molar-refractivity contribution in [2.75, 3.05) is 6.61 Å². The van der Waals surface area contributed by atoms with Crippen LogP contribution in [0.1, 0.15) is 32.8 Å². The molecule has 0 amide bonds. The smallest absolute Gasteiger partial charge is 0.347 e. The van der Waals surface area contributed by atoms with E-state index < -0.39 is 12.1 Å². The lowest BCUT2D eigenvalue weighted by Gasteiger charge is -2.14. The van der Waals surface area contributed by atoms with Gasteiger partial charge in [-0.3, -0.25) is 4.79 Å². The molecule has 3 aromatic rings. The predicted molar refractivity (Wildman–Crippen MR) is 110 cm³/mol. The third-order valence-corrected chi connectivity index (χ3v) is 4.37. The van der Waals surface area contributed by atoms with Gasteiger partial charge in [0.15, 0.2) is 6.10 Å². The Labute approximate surface area is 169 Å². The van der Waals surface area contributed by atoms with Crippen LogP contribution in [-0.2, 0) is 16.0 Å². The van der Waals surface area contributed by atoms with Gasteiger partial charge in [0.25, 0.3) is 0 Å². The topological polar surface area (TPSA) is 75.0 Å². The molecule has 1 atom stereocenters. The molecule has 0 spiro atoms. The Kier molecular flexibility index (Phi) is 6.54. The van der Waals surface area contributed by atoms with Gasteiger partial charge in [-0.25, -0.2) is 4.79 Å². The number of carbonyl (C=O) groups excluding carboxylic acids is 1. The molecule has 0 saturated carbocycles. The zero-order chi connectivity index (χ0) is 20.8. The molecule has 0 aliphatic heterocycles. The minimum absolute atomic E-state index is 0.104. The Morgan fingerprint density at radius 3 is 2.48 bits per heavy atom. The molecule has 0 N–H and O–H groups in total. The first-order chi connectivity index (χ1) is 14.0. The van der Waals surface area contributed by atoms with Crippen molar-refractivity contribution in [2.45, 2.75) is 39.7 Å². The van der Waals surface area contributed by atoms with Crippen molar-refractivity contribution >= 4 is 16.9 Å². The summed E-state index contributed by atoms with van der Waals surface area (Å²) in [7, 11) is 0. The van der Waals surface area contributed by atoms with E-state index in [-0.39, 0.29) is 11.2 Å². The summed E-state index contributed by atoms with van der Waals surface area (Å²) in [6.45, 7) is 5.95. The van der Waals surface area contributed by atoms with Crippen LogP contribution in [0.15, 0.2) is 57.9 Å². The van der Waals surface area contributed by atoms with Crippen molar-refractivity contribution in [3.63, 3.8) is 0 Å². The number of hydrogen-bond acceptors (Lipinski definition) is 6. The highest BCUT2D eigenvalue weighted by Gasteiger charge is 2.17. The highest BCUT2D eigenvalue weighted by atomic mass is 16.6. The molecule has 0 saturated heterocycles. The molecule has 6 heteroatoms. The third-order valence-electron chi connectivity index (χ3n) is 4.37. The zero-order valence-corrected chi connectivity index (χ0v) is 16.8. The van der Waals surface area contributed by atoms with Crippen molar-refractivity contribution in [3.05, 3.63) is 64.5 Å². The predicted octanol–water partition coefficient (Wildman–Crippen LogP) is 4.87. The second-order valence-corrected chi connectivity index (χ2v) is 6.61. The molecule has 0 radical (unpaired) electrons. The van der Waals surface area contributed by atoms with Gasteiger partial charge in [-0.1, -0.05) is 26.0 Å². The Morgan fingerprint density at radius 1 is 1.07 bits per heavy atom. The van der Waals surface area contributed by atoms with Crippen LogP contribution in [0.2, 0.25) is 0 Å². The lowest BCUT2D eigenvalue weighted by molar-refractivity contribution is -0.151. The summed E-state index contributed by atoms with van der Waals surface area (Å²) in [5.41, 5.74) is 1.24. The zero-order valence-electron chi connectivity index (χ0n) is 16.8. The molecule has 0 fully saturated rings. The number of ether oxygens (including phenoxy) is 3. The lowest BCUT2D eigenvalue weighted by atomic mass is 10.2. The van der Waals surface area contributed by atoms with Gasteiger partial charge in [0, 0.05) is 6.07 Å². The van der Waals surface area contributed by atoms with E-state index in [1.165, 1.54) is 11.8 Å². The minimum atomic E-state index is -0.764. The number of esters is 1. The molecular weight excluding hydrogens is 372 g/mol. The van der Waals surface area contributed by atoms with Crippen LogP contribution >= 0.6 is 0 Å². The molecule has 0 aliphatic carbocycles. The number of carbonyl (C=O) groups is 1. The fourth-order valence-corrected chi connectivity index (χ4v) is 2.73. The molecule has 3 rings (SSSR count). The van der Waals surface area contributed by atoms with Gasteiger partial charge < -0.3 is 18.6 Å². The van der Waals surface area contributed by atoms with E-state index in [1.807, 2.05) is 31.2 Å². The number of fused-ring (bicyclic) bond motifs is 1. The first-order valence-electron chi connectivity index (χ1n) is 9.67. The van der Waals surface area contributed by atoms with Crippen molar-refractivity contribution in [1.82, 2.24) is 0 Å². The van der Waals surface area contributed by atoms with E-state index in [1.54, 1.807) is 25.1 Å². The SMILES string of the molecule is CCCOC(=O)[C@H](C)Oc1ccc2c(=O)c(Oc3ccc(CC)cc3)coc2c1. The monoisotopic (exact) mass is 396 g/mol. The van der Waals surface area contributed by atoms with Crippen LogP contribution in [0.5, 0.6) is 17.2 Å². The van der Waals surface area contributed by atoms with Crippen LogP contribution in [0, 0.1) is 0 Å². The molecule has 0 bridgehead atoms. The summed E-state index contributed by atoms with van der Waals surface area (Å²) in [5.74, 6) is 0.636. The maximum atomic E-state index is 12.7. The summed E-state index contributed by atoms with van der Waals surface area (Å²) < 4.78 is 21.9. The average molecular weight is 396 g/mol. The largest absolute Gasteiger partial charge is 0.479 e. The first-order valence-corrected chi connectivity index (χ1v) is 9.67. The second-order valence-electron chi connectivity index (χ2n) is 6.61.